The van der Waals surface area contributed by atoms with Crippen molar-refractivity contribution in [1.29, 1.82) is 0 Å². The average molecular weight is 248 g/mol. The van der Waals surface area contributed by atoms with Crippen molar-refractivity contribution in [2.45, 2.75) is 6.18 Å². The van der Waals surface area contributed by atoms with Crippen molar-refractivity contribution in [2.24, 2.45) is 5.73 Å². The van der Waals surface area contributed by atoms with Crippen LogP contribution in [0.25, 0.3) is 0 Å². The Bertz CT molecular complexity index is 471. The summed E-state index contributed by atoms with van der Waals surface area (Å²) in [4.78, 5) is 20.8. The van der Waals surface area contributed by atoms with Gasteiger partial charge < -0.3 is 5.73 Å². The molecule has 1 aromatic rings. The smallest absolute Gasteiger partial charge is 0.324 e. The average Bonchev–Trinajstić information content (AvgIpc) is 2.25. The Morgan fingerprint density at radius 2 is 2.00 bits per heavy atom. The third-order valence-corrected chi connectivity index (χ3v) is 2.01. The zero-order chi connectivity index (χ0) is 13.2. The summed E-state index contributed by atoms with van der Waals surface area (Å²) in [5.74, 6) is -1.12. The van der Waals surface area contributed by atoms with Gasteiger partial charge >= 0.3 is 6.18 Å². The van der Waals surface area contributed by atoms with E-state index in [1.807, 2.05) is 0 Å². The minimum atomic E-state index is -4.84. The molecule has 0 aliphatic rings. The van der Waals surface area contributed by atoms with Crippen LogP contribution in [-0.2, 0) is 6.18 Å². The number of nitro benzene ring substituents is 1. The molecule has 2 N–H and O–H groups in total. The standard InChI is InChI=1S/C9H7F3N2O3/c10-9(11,12)5-2-1-3-6(14(16)17)8(5)7(15)4-13/h1-3H,4,13H2. The number of halogens is 3. The number of nitrogens with two attached hydrogens (primary N) is 1. The van der Waals surface area contributed by atoms with Gasteiger partial charge in [-0.3, -0.25) is 14.9 Å². The molecule has 17 heavy (non-hydrogen) atoms. The van der Waals surface area contributed by atoms with Gasteiger partial charge in [-0.05, 0) is 6.07 Å². The first kappa shape index (κ1) is 13.1. The van der Waals surface area contributed by atoms with Crippen molar-refractivity contribution in [1.82, 2.24) is 0 Å². The first-order valence-corrected chi connectivity index (χ1v) is 4.37. The molecule has 0 fully saturated rings. The van der Waals surface area contributed by atoms with Crippen molar-refractivity contribution in [3.63, 3.8) is 0 Å². The molecule has 0 saturated heterocycles. The highest BCUT2D eigenvalue weighted by molar-refractivity contribution is 6.02. The van der Waals surface area contributed by atoms with Gasteiger partial charge in [-0.1, -0.05) is 6.07 Å². The molecule has 0 unspecified atom stereocenters. The molecule has 5 nitrogen and oxygen atoms in total. The van der Waals surface area contributed by atoms with Gasteiger partial charge in [0, 0.05) is 6.07 Å². The number of nitro groups is 1. The maximum atomic E-state index is 12.6. The molecule has 0 bridgehead atoms. The Morgan fingerprint density at radius 1 is 1.41 bits per heavy atom. The van der Waals surface area contributed by atoms with Crippen LogP contribution in [0, 0.1) is 10.1 Å². The SMILES string of the molecule is NCC(=O)c1c([N+](=O)[O-])cccc1C(F)(F)F. The predicted molar refractivity (Wildman–Crippen MR) is 51.5 cm³/mol. The first-order valence-electron chi connectivity index (χ1n) is 4.37. The van der Waals surface area contributed by atoms with Crippen LogP contribution in [0.2, 0.25) is 0 Å². The molecule has 8 heteroatoms. The van der Waals surface area contributed by atoms with E-state index in [4.69, 9.17) is 5.73 Å². The molecular formula is C9H7F3N2O3. The lowest BCUT2D eigenvalue weighted by atomic mass is 10.0. The summed E-state index contributed by atoms with van der Waals surface area (Å²) in [6, 6.07) is 2.31. The van der Waals surface area contributed by atoms with E-state index in [9.17, 15) is 28.1 Å². The summed E-state index contributed by atoms with van der Waals surface area (Å²) < 4.78 is 37.7. The first-order chi connectivity index (χ1) is 7.79. The van der Waals surface area contributed by atoms with Crippen molar-refractivity contribution >= 4 is 11.5 Å². The maximum Gasteiger partial charge on any atom is 0.417 e. The van der Waals surface area contributed by atoms with E-state index in [1.54, 1.807) is 0 Å². The highest BCUT2D eigenvalue weighted by atomic mass is 19.4. The van der Waals surface area contributed by atoms with E-state index in [0.717, 1.165) is 12.1 Å². The number of hydrogen-bond donors (Lipinski definition) is 1. The van der Waals surface area contributed by atoms with Crippen LogP contribution in [0.15, 0.2) is 18.2 Å². The van der Waals surface area contributed by atoms with Crippen LogP contribution < -0.4 is 5.73 Å². The van der Waals surface area contributed by atoms with Gasteiger partial charge in [0.25, 0.3) is 5.69 Å². The second-order valence-corrected chi connectivity index (χ2v) is 3.08. The zero-order valence-electron chi connectivity index (χ0n) is 8.32. The minimum Gasteiger partial charge on any atom is -0.324 e. The quantitative estimate of drug-likeness (QED) is 0.501. The number of carbonyl (C=O) groups is 1. The van der Waals surface area contributed by atoms with E-state index in [1.165, 1.54) is 0 Å². The lowest BCUT2D eigenvalue weighted by Crippen LogP contribution is -2.20. The van der Waals surface area contributed by atoms with Crippen LogP contribution in [0.4, 0.5) is 18.9 Å². The predicted octanol–water partition coefficient (Wildman–Crippen LogP) is 1.76. The Hall–Kier alpha value is -1.96. The summed E-state index contributed by atoms with van der Waals surface area (Å²) in [5, 5.41) is 10.6. The van der Waals surface area contributed by atoms with Gasteiger partial charge in [0.2, 0.25) is 0 Å². The molecule has 0 radical (unpaired) electrons. The Labute approximate surface area is 93.2 Å². The Balaban J connectivity index is 3.57. The molecule has 1 aromatic carbocycles. The normalized spacial score (nSPS) is 11.3. The monoisotopic (exact) mass is 248 g/mol. The van der Waals surface area contributed by atoms with Crippen molar-refractivity contribution in [2.75, 3.05) is 6.54 Å². The number of hydrogen-bond acceptors (Lipinski definition) is 4. The van der Waals surface area contributed by atoms with Crippen LogP contribution >= 0.6 is 0 Å². The molecule has 1 rings (SSSR count). The number of rotatable bonds is 3. The molecule has 0 saturated carbocycles. The van der Waals surface area contributed by atoms with E-state index < -0.39 is 40.2 Å². The summed E-state index contributed by atoms with van der Waals surface area (Å²) in [6.07, 6.45) is -4.84. The number of nitrogens with zero attached hydrogens (tertiary/aromatic N) is 1. The summed E-state index contributed by atoms with van der Waals surface area (Å²) in [5.41, 5.74) is 1.71. The minimum absolute atomic E-state index is 0.607. The van der Waals surface area contributed by atoms with Crippen LogP contribution in [-0.4, -0.2) is 17.3 Å². The van der Waals surface area contributed by atoms with Crippen LogP contribution in [0.5, 0.6) is 0 Å². The Morgan fingerprint density at radius 3 is 2.41 bits per heavy atom. The second kappa shape index (κ2) is 4.50. The van der Waals surface area contributed by atoms with E-state index in [-0.39, 0.29) is 0 Å². The lowest BCUT2D eigenvalue weighted by Gasteiger charge is -2.11. The van der Waals surface area contributed by atoms with Gasteiger partial charge in [-0.2, -0.15) is 13.2 Å². The number of benzene rings is 1. The molecule has 0 amide bonds. The number of alkyl halides is 3. The molecule has 0 atom stereocenters. The highest BCUT2D eigenvalue weighted by Crippen LogP contribution is 2.35. The second-order valence-electron chi connectivity index (χ2n) is 3.08. The van der Waals surface area contributed by atoms with Gasteiger partial charge in [-0.25, -0.2) is 0 Å². The van der Waals surface area contributed by atoms with Crippen molar-refractivity contribution in [3.8, 4) is 0 Å². The molecule has 0 aliphatic heterocycles. The summed E-state index contributed by atoms with van der Waals surface area (Å²) in [7, 11) is 0. The van der Waals surface area contributed by atoms with E-state index in [0.29, 0.717) is 6.07 Å². The van der Waals surface area contributed by atoms with E-state index in [2.05, 4.69) is 0 Å². The molecule has 0 aliphatic carbocycles. The highest BCUT2D eigenvalue weighted by Gasteiger charge is 2.38. The lowest BCUT2D eigenvalue weighted by molar-refractivity contribution is -0.385. The molecule has 0 aromatic heterocycles. The molecule has 92 valence electrons. The van der Waals surface area contributed by atoms with Crippen molar-refractivity contribution < 1.29 is 22.9 Å². The van der Waals surface area contributed by atoms with Gasteiger partial charge in [-0.15, -0.1) is 0 Å². The van der Waals surface area contributed by atoms with E-state index >= 15 is 0 Å². The fourth-order valence-electron chi connectivity index (χ4n) is 1.32. The number of ketones is 1. The summed E-state index contributed by atoms with van der Waals surface area (Å²) in [6.45, 7) is -0.728. The molecular weight excluding hydrogens is 241 g/mol. The third kappa shape index (κ3) is 2.59. The molecule has 0 spiro atoms. The largest absolute Gasteiger partial charge is 0.417 e. The van der Waals surface area contributed by atoms with Gasteiger partial charge in [0.15, 0.2) is 5.78 Å². The van der Waals surface area contributed by atoms with Gasteiger partial charge in [0.1, 0.15) is 5.56 Å². The zero-order valence-corrected chi connectivity index (χ0v) is 8.32. The van der Waals surface area contributed by atoms with Crippen molar-refractivity contribution in [3.05, 3.63) is 39.4 Å². The van der Waals surface area contributed by atoms with Crippen LogP contribution in [0.3, 0.4) is 0 Å². The van der Waals surface area contributed by atoms with Crippen LogP contribution in [0.1, 0.15) is 15.9 Å². The Kier molecular flexibility index (Phi) is 3.47. The fraction of sp³-hybridized carbons (Fsp3) is 0.222. The fourth-order valence-corrected chi connectivity index (χ4v) is 1.32. The molecule has 0 heterocycles. The maximum absolute atomic E-state index is 12.6. The van der Waals surface area contributed by atoms with Gasteiger partial charge in [0.05, 0.1) is 17.0 Å². The number of Topliss-reactive ketones (excluding diaryl/α,β-unsaturated/α-hetero) is 1. The topological polar surface area (TPSA) is 86.2 Å². The third-order valence-electron chi connectivity index (χ3n) is 2.01. The number of carbonyl (C=O) groups excluding carboxylic acids is 1. The summed E-state index contributed by atoms with van der Waals surface area (Å²) >= 11 is 0.